The van der Waals surface area contributed by atoms with Crippen LogP contribution in [-0.4, -0.2) is 28.5 Å². The van der Waals surface area contributed by atoms with E-state index in [1.807, 2.05) is 24.3 Å². The molecule has 1 N–H and O–H groups in total. The Labute approximate surface area is 192 Å². The highest BCUT2D eigenvalue weighted by atomic mass is 35.6. The maximum atomic E-state index is 12.7. The Bertz CT molecular complexity index is 931. The van der Waals surface area contributed by atoms with Crippen molar-refractivity contribution in [3.05, 3.63) is 69.2 Å². The lowest BCUT2D eigenvalue weighted by Gasteiger charge is -2.22. The number of alkyl carbamates (subject to hydrolysis) is 1. The van der Waals surface area contributed by atoms with Gasteiger partial charge in [-0.3, -0.25) is 0 Å². The van der Waals surface area contributed by atoms with Crippen LogP contribution in [0.3, 0.4) is 0 Å². The van der Waals surface area contributed by atoms with E-state index < -0.39 is 34.6 Å². The lowest BCUT2D eigenvalue weighted by Crippen LogP contribution is -2.40. The van der Waals surface area contributed by atoms with Crippen molar-refractivity contribution in [3.8, 4) is 0 Å². The molecule has 29 heavy (non-hydrogen) atoms. The topological polar surface area (TPSA) is 64.6 Å². The molecule has 0 spiro atoms. The van der Waals surface area contributed by atoms with Gasteiger partial charge in [-0.1, -0.05) is 82.3 Å². The van der Waals surface area contributed by atoms with Crippen LogP contribution >= 0.6 is 58.0 Å². The first-order valence-electron chi connectivity index (χ1n) is 8.38. The number of hydrogen-bond acceptors (Lipinski definition) is 4. The van der Waals surface area contributed by atoms with Gasteiger partial charge in [-0.15, -0.1) is 0 Å². The second-order valence-corrected chi connectivity index (χ2v) is 9.65. The smallest absolute Gasteiger partial charge is 0.407 e. The molecule has 2 aromatic rings. The first kappa shape index (κ1) is 22.3. The first-order valence-corrected chi connectivity index (χ1v) is 10.3. The fraction of sp³-hybridized carbons (Fsp3) is 0.263. The molecule has 1 amide bonds. The Morgan fingerprint density at radius 2 is 1.83 bits per heavy atom. The Balaban J connectivity index is 1.77. The Morgan fingerprint density at radius 3 is 2.52 bits per heavy atom. The Hall–Kier alpha value is -1.37. The lowest BCUT2D eigenvalue weighted by atomic mass is 10.1. The Kier molecular flexibility index (Phi) is 7.07. The fourth-order valence-corrected chi connectivity index (χ4v) is 3.65. The van der Waals surface area contributed by atoms with Crippen molar-refractivity contribution >= 4 is 70.1 Å². The molecule has 5 nitrogen and oxygen atoms in total. The van der Waals surface area contributed by atoms with E-state index in [-0.39, 0.29) is 10.6 Å². The van der Waals surface area contributed by atoms with E-state index in [1.165, 1.54) is 18.2 Å². The molecule has 2 atom stereocenters. The number of rotatable bonds is 4. The van der Waals surface area contributed by atoms with Crippen LogP contribution in [0.4, 0.5) is 4.79 Å². The van der Waals surface area contributed by atoms with Gasteiger partial charge in [0.1, 0.15) is 12.7 Å². The normalized spacial score (nSPS) is 18.1. The van der Waals surface area contributed by atoms with E-state index >= 15 is 0 Å². The number of ether oxygens (including phenoxy) is 2. The van der Waals surface area contributed by atoms with Crippen LogP contribution in [-0.2, 0) is 15.9 Å². The van der Waals surface area contributed by atoms with Crippen LogP contribution in [0, 0.1) is 0 Å². The van der Waals surface area contributed by atoms with E-state index in [2.05, 4.69) is 5.32 Å². The third-order valence-corrected chi connectivity index (χ3v) is 5.10. The molecule has 0 heterocycles. The van der Waals surface area contributed by atoms with Gasteiger partial charge in [-0.05, 0) is 35.7 Å². The summed E-state index contributed by atoms with van der Waals surface area (Å²) in [6.45, 7) is -0.423. The second-order valence-electron chi connectivity index (χ2n) is 6.30. The number of carbonyl (C=O) groups excluding carboxylic acids is 2. The molecule has 10 heteroatoms. The molecule has 0 saturated heterocycles. The maximum absolute atomic E-state index is 12.7. The Morgan fingerprint density at radius 1 is 1.10 bits per heavy atom. The number of fused-ring (bicyclic) bond motifs is 1. The van der Waals surface area contributed by atoms with Crippen molar-refractivity contribution in [2.75, 3.05) is 6.61 Å². The van der Waals surface area contributed by atoms with E-state index in [0.717, 1.165) is 11.1 Å². The molecule has 0 bridgehead atoms. The maximum Gasteiger partial charge on any atom is 0.407 e. The van der Waals surface area contributed by atoms with Crippen LogP contribution < -0.4 is 5.32 Å². The number of halogens is 5. The van der Waals surface area contributed by atoms with Crippen LogP contribution in [0.15, 0.2) is 42.5 Å². The van der Waals surface area contributed by atoms with Gasteiger partial charge < -0.3 is 14.8 Å². The van der Waals surface area contributed by atoms with Gasteiger partial charge in [0.25, 0.3) is 0 Å². The summed E-state index contributed by atoms with van der Waals surface area (Å²) in [7, 11) is 0. The lowest BCUT2D eigenvalue weighted by molar-refractivity contribution is 0.0222. The number of amides is 1. The van der Waals surface area contributed by atoms with Crippen molar-refractivity contribution in [1.29, 1.82) is 0 Å². The van der Waals surface area contributed by atoms with Gasteiger partial charge in [0, 0.05) is 5.02 Å². The van der Waals surface area contributed by atoms with Gasteiger partial charge in [0.2, 0.25) is 3.79 Å². The highest BCUT2D eigenvalue weighted by molar-refractivity contribution is 6.67. The third-order valence-electron chi connectivity index (χ3n) is 4.22. The monoisotopic (exact) mass is 495 g/mol. The van der Waals surface area contributed by atoms with Crippen molar-refractivity contribution in [2.45, 2.75) is 22.4 Å². The van der Waals surface area contributed by atoms with Crippen molar-refractivity contribution < 1.29 is 19.1 Å². The van der Waals surface area contributed by atoms with Gasteiger partial charge >= 0.3 is 12.1 Å². The summed E-state index contributed by atoms with van der Waals surface area (Å²) in [5, 5.41) is 3.22. The highest BCUT2D eigenvalue weighted by Gasteiger charge is 2.37. The molecule has 0 aliphatic heterocycles. The largest absolute Gasteiger partial charge is 0.452 e. The zero-order valence-corrected chi connectivity index (χ0v) is 18.4. The molecule has 3 rings (SSSR count). The predicted molar refractivity (Wildman–Crippen MR) is 113 cm³/mol. The van der Waals surface area contributed by atoms with Gasteiger partial charge in [0.05, 0.1) is 16.6 Å². The number of esters is 1. The van der Waals surface area contributed by atoms with Crippen LogP contribution in [0.5, 0.6) is 0 Å². The molecular weight excluding hydrogens is 483 g/mol. The summed E-state index contributed by atoms with van der Waals surface area (Å²) in [4.78, 5) is 24.8. The number of hydrogen-bond donors (Lipinski definition) is 1. The minimum atomic E-state index is -1.73. The van der Waals surface area contributed by atoms with Crippen LogP contribution in [0.2, 0.25) is 10.0 Å². The second kappa shape index (κ2) is 9.19. The third kappa shape index (κ3) is 5.83. The van der Waals surface area contributed by atoms with Gasteiger partial charge in [0.15, 0.2) is 0 Å². The SMILES string of the molecule is O=C(N[C@H]1Cc2ccccc2[C@H]1OC(=O)c1ccc(Cl)cc1Cl)OCC(Cl)(Cl)Cl. The van der Waals surface area contributed by atoms with Gasteiger partial charge in [-0.25, -0.2) is 9.59 Å². The summed E-state index contributed by atoms with van der Waals surface area (Å²) in [5.41, 5.74) is 1.87. The van der Waals surface area contributed by atoms with Crippen molar-refractivity contribution in [2.24, 2.45) is 0 Å². The van der Waals surface area contributed by atoms with Crippen LogP contribution in [0.1, 0.15) is 27.6 Å². The van der Waals surface area contributed by atoms with Gasteiger partial charge in [-0.2, -0.15) is 0 Å². The zero-order valence-electron chi connectivity index (χ0n) is 14.6. The number of alkyl halides is 3. The molecule has 0 unspecified atom stereocenters. The van der Waals surface area contributed by atoms with E-state index in [0.29, 0.717) is 11.4 Å². The molecular formula is C19H14Cl5NO4. The predicted octanol–water partition coefficient (Wildman–Crippen LogP) is 5.91. The standard InChI is InChI=1S/C19H14Cl5NO4/c20-11-5-6-13(14(21)8-11)17(26)29-16-12-4-2-1-3-10(12)7-15(16)25-18(27)28-9-19(22,23)24/h1-6,8,15-16H,7,9H2,(H,25,27)/t15-,16+/m0/s1. The number of nitrogens with one attached hydrogen (secondary N) is 1. The molecule has 0 aromatic heterocycles. The highest BCUT2D eigenvalue weighted by Crippen LogP contribution is 2.36. The van der Waals surface area contributed by atoms with E-state index in [9.17, 15) is 9.59 Å². The number of benzene rings is 2. The van der Waals surface area contributed by atoms with E-state index in [4.69, 9.17) is 67.5 Å². The summed E-state index contributed by atoms with van der Waals surface area (Å²) < 4.78 is 8.87. The summed E-state index contributed by atoms with van der Waals surface area (Å²) in [6, 6.07) is 11.3. The van der Waals surface area contributed by atoms with Crippen LogP contribution in [0.25, 0.3) is 0 Å². The molecule has 0 radical (unpaired) electrons. The number of carbonyl (C=O) groups is 2. The average molecular weight is 498 g/mol. The summed E-state index contributed by atoms with van der Waals surface area (Å²) >= 11 is 28.8. The average Bonchev–Trinajstić information content (AvgIpc) is 2.96. The molecule has 2 aromatic carbocycles. The van der Waals surface area contributed by atoms with E-state index in [1.54, 1.807) is 0 Å². The summed E-state index contributed by atoms with van der Waals surface area (Å²) in [6.07, 6.45) is -1.10. The molecule has 154 valence electrons. The first-order chi connectivity index (χ1) is 13.6. The molecule has 0 fully saturated rings. The van der Waals surface area contributed by atoms with Crippen molar-refractivity contribution in [1.82, 2.24) is 5.32 Å². The molecule has 1 aliphatic rings. The summed E-state index contributed by atoms with van der Waals surface area (Å²) in [5.74, 6) is -0.644. The molecule has 0 saturated carbocycles. The molecule has 1 aliphatic carbocycles. The minimum absolute atomic E-state index is 0.165. The quantitative estimate of drug-likeness (QED) is 0.421. The zero-order chi connectivity index (χ0) is 21.2. The van der Waals surface area contributed by atoms with Crippen molar-refractivity contribution in [3.63, 3.8) is 0 Å². The fourth-order valence-electron chi connectivity index (χ4n) is 3.00. The minimum Gasteiger partial charge on any atom is -0.452 e.